The number of hydrogen-bond acceptors (Lipinski definition) is 6. The second kappa shape index (κ2) is 8.44. The largest absolute Gasteiger partial charge is 0.469 e. The molecule has 0 aromatic carbocycles. The Labute approximate surface area is 188 Å². The van der Waals surface area contributed by atoms with E-state index in [9.17, 15) is 23.1 Å². The molecule has 0 saturated heterocycles. The number of alkyl halides is 3. The van der Waals surface area contributed by atoms with E-state index in [4.69, 9.17) is 4.42 Å². The number of carbonyl (C=O) groups is 1. The molecule has 0 spiro atoms. The first kappa shape index (κ1) is 23.2. The van der Waals surface area contributed by atoms with Gasteiger partial charge in [0, 0.05) is 37.0 Å². The van der Waals surface area contributed by atoms with E-state index >= 15 is 0 Å². The Bertz CT molecular complexity index is 1160. The number of carbonyl (C=O) groups excluding carboxylic acids is 1. The van der Waals surface area contributed by atoms with Crippen molar-refractivity contribution >= 4 is 17.1 Å². The lowest BCUT2D eigenvalue weighted by atomic mass is 9.74. The predicted molar refractivity (Wildman–Crippen MR) is 113 cm³/mol. The summed E-state index contributed by atoms with van der Waals surface area (Å²) >= 11 is 0. The van der Waals surface area contributed by atoms with E-state index in [0.717, 1.165) is 19.3 Å². The van der Waals surface area contributed by atoms with E-state index < -0.39 is 18.2 Å². The molecule has 4 rings (SSSR count). The van der Waals surface area contributed by atoms with Gasteiger partial charge in [0.1, 0.15) is 11.9 Å². The highest BCUT2D eigenvalue weighted by Gasteiger charge is 2.38. The van der Waals surface area contributed by atoms with Crippen LogP contribution in [0.25, 0.3) is 22.5 Å². The summed E-state index contributed by atoms with van der Waals surface area (Å²) in [6, 6.07) is 1.41. The Morgan fingerprint density at radius 3 is 2.64 bits per heavy atom. The second-order valence-electron chi connectivity index (χ2n) is 8.99. The molecule has 1 atom stereocenters. The van der Waals surface area contributed by atoms with Crippen LogP contribution in [0.15, 0.2) is 22.9 Å². The summed E-state index contributed by atoms with van der Waals surface area (Å²) in [4.78, 5) is 23.6. The first-order valence-electron chi connectivity index (χ1n) is 10.9. The molecule has 8 nitrogen and oxygen atoms in total. The van der Waals surface area contributed by atoms with E-state index in [1.807, 2.05) is 18.4 Å². The molecule has 3 heterocycles. The lowest BCUT2D eigenvalue weighted by Gasteiger charge is -2.42. The Hall–Kier alpha value is -2.95. The maximum Gasteiger partial charge on any atom is 0.469 e. The zero-order chi connectivity index (χ0) is 24.0. The summed E-state index contributed by atoms with van der Waals surface area (Å²) < 4.78 is 45.4. The number of nitrogens with one attached hydrogen (secondary N) is 1. The van der Waals surface area contributed by atoms with Crippen molar-refractivity contribution in [3.63, 3.8) is 0 Å². The molecule has 1 amide bonds. The first-order valence-corrected chi connectivity index (χ1v) is 10.9. The van der Waals surface area contributed by atoms with Crippen molar-refractivity contribution in [3.8, 4) is 11.3 Å². The van der Waals surface area contributed by atoms with Gasteiger partial charge in [0.15, 0.2) is 11.2 Å². The summed E-state index contributed by atoms with van der Waals surface area (Å²) in [5, 5.41) is 13.8. The monoisotopic (exact) mass is 465 g/mol. The van der Waals surface area contributed by atoms with Gasteiger partial charge in [-0.15, -0.1) is 0 Å². The number of pyridine rings is 1. The zero-order valence-electron chi connectivity index (χ0n) is 18.6. The van der Waals surface area contributed by atoms with Crippen LogP contribution in [0.2, 0.25) is 0 Å². The number of aryl methyl sites for hydroxylation is 1. The van der Waals surface area contributed by atoms with Gasteiger partial charge in [-0.25, -0.2) is 9.97 Å². The van der Waals surface area contributed by atoms with E-state index in [1.165, 1.54) is 19.2 Å². The lowest BCUT2D eigenvalue weighted by molar-refractivity contribution is -0.156. The van der Waals surface area contributed by atoms with Crippen LogP contribution < -0.4 is 5.32 Å². The molecule has 1 fully saturated rings. The second-order valence-corrected chi connectivity index (χ2v) is 8.99. The number of fused-ring (bicyclic) bond motifs is 1. The molecule has 1 aliphatic rings. The molecule has 33 heavy (non-hydrogen) atoms. The highest BCUT2D eigenvalue weighted by molar-refractivity contribution is 5.75. The van der Waals surface area contributed by atoms with Crippen LogP contribution in [0.3, 0.4) is 0 Å². The minimum absolute atomic E-state index is 0.0758. The van der Waals surface area contributed by atoms with Gasteiger partial charge < -0.3 is 19.4 Å². The number of aromatic nitrogens is 4. The number of halogens is 3. The van der Waals surface area contributed by atoms with Gasteiger partial charge in [-0.1, -0.05) is 13.8 Å². The summed E-state index contributed by atoms with van der Waals surface area (Å²) in [6.45, 7) is 5.76. The van der Waals surface area contributed by atoms with Crippen molar-refractivity contribution in [2.45, 2.75) is 70.8 Å². The molecule has 178 valence electrons. The number of hydrogen-bond donors (Lipinski definition) is 2. The molecule has 11 heteroatoms. The molecule has 0 radical (unpaired) electrons. The van der Waals surface area contributed by atoms with Crippen molar-refractivity contribution in [3.05, 3.63) is 30.2 Å². The summed E-state index contributed by atoms with van der Waals surface area (Å²) in [5.74, 6) is -1.08. The highest BCUT2D eigenvalue weighted by Crippen LogP contribution is 2.36. The van der Waals surface area contributed by atoms with Gasteiger partial charge in [-0.3, -0.25) is 4.79 Å². The smallest absolute Gasteiger partial charge is 0.431 e. The Morgan fingerprint density at radius 1 is 1.33 bits per heavy atom. The fourth-order valence-electron chi connectivity index (χ4n) is 4.11. The first-order chi connectivity index (χ1) is 15.5. The van der Waals surface area contributed by atoms with Gasteiger partial charge in [0.2, 0.25) is 5.91 Å². The average Bonchev–Trinajstić information content (AvgIpc) is 3.32. The maximum atomic E-state index is 12.9. The normalized spacial score (nSPS) is 16.7. The molecule has 3 aromatic heterocycles. The molecular weight excluding hydrogens is 439 g/mol. The third kappa shape index (κ3) is 4.73. The van der Waals surface area contributed by atoms with Crippen molar-refractivity contribution in [2.75, 3.05) is 0 Å². The van der Waals surface area contributed by atoms with Crippen molar-refractivity contribution < 1.29 is 27.5 Å². The summed E-state index contributed by atoms with van der Waals surface area (Å²) in [5.41, 5.74) is 0.398. The van der Waals surface area contributed by atoms with E-state index in [-0.39, 0.29) is 28.6 Å². The average molecular weight is 465 g/mol. The molecule has 2 N–H and O–H groups in total. The standard InChI is InChI=1S/C22H26F3N5O3/c1-12(2)17(32)19-27-15(11-30(19)8-7-21(5-4-6-21)29-13(3)31)14-9-16-18(26-10-14)28-20(33-16)22(23,24)25/h9-12,17,32H,4-8H2,1-3H3,(H,29,31). The number of aliphatic hydroxyl groups excluding tert-OH is 1. The summed E-state index contributed by atoms with van der Waals surface area (Å²) in [6.07, 6.45) is 1.08. The third-order valence-electron chi connectivity index (χ3n) is 6.07. The topological polar surface area (TPSA) is 106 Å². The molecule has 1 aliphatic carbocycles. The number of nitrogens with zero attached hydrogens (tertiary/aromatic N) is 4. The predicted octanol–water partition coefficient (Wildman–Crippen LogP) is 4.24. The highest BCUT2D eigenvalue weighted by atomic mass is 19.4. The minimum Gasteiger partial charge on any atom is -0.431 e. The van der Waals surface area contributed by atoms with Gasteiger partial charge in [0.05, 0.1) is 5.69 Å². The summed E-state index contributed by atoms with van der Waals surface area (Å²) in [7, 11) is 0. The molecule has 1 unspecified atom stereocenters. The van der Waals surface area contributed by atoms with Gasteiger partial charge in [-0.2, -0.15) is 18.2 Å². The third-order valence-corrected chi connectivity index (χ3v) is 6.07. The number of rotatable bonds is 7. The number of aliphatic hydroxyl groups is 1. The van der Waals surface area contributed by atoms with Crippen LogP contribution >= 0.6 is 0 Å². The Morgan fingerprint density at radius 2 is 2.06 bits per heavy atom. The van der Waals surface area contributed by atoms with Crippen LogP contribution in [0.4, 0.5) is 13.2 Å². The fourth-order valence-corrected chi connectivity index (χ4v) is 4.11. The molecule has 3 aromatic rings. The Balaban J connectivity index is 1.65. The lowest BCUT2D eigenvalue weighted by Crippen LogP contribution is -2.53. The van der Waals surface area contributed by atoms with Crippen molar-refractivity contribution in [1.82, 2.24) is 24.8 Å². The van der Waals surface area contributed by atoms with E-state index in [0.29, 0.717) is 30.0 Å². The van der Waals surface area contributed by atoms with E-state index in [1.54, 1.807) is 6.20 Å². The minimum atomic E-state index is -4.71. The quantitative estimate of drug-likeness (QED) is 0.541. The number of amides is 1. The molecule has 1 saturated carbocycles. The molecule has 0 aliphatic heterocycles. The van der Waals surface area contributed by atoms with Gasteiger partial charge in [-0.05, 0) is 37.7 Å². The number of imidazole rings is 1. The zero-order valence-corrected chi connectivity index (χ0v) is 18.6. The van der Waals surface area contributed by atoms with Gasteiger partial charge >= 0.3 is 12.1 Å². The van der Waals surface area contributed by atoms with Crippen LogP contribution in [-0.2, 0) is 17.5 Å². The van der Waals surface area contributed by atoms with Crippen LogP contribution in [0.5, 0.6) is 0 Å². The van der Waals surface area contributed by atoms with Crippen LogP contribution in [0, 0.1) is 5.92 Å². The maximum absolute atomic E-state index is 12.9. The van der Waals surface area contributed by atoms with Crippen molar-refractivity contribution in [1.29, 1.82) is 0 Å². The van der Waals surface area contributed by atoms with Gasteiger partial charge in [0.25, 0.3) is 0 Å². The van der Waals surface area contributed by atoms with Crippen molar-refractivity contribution in [2.24, 2.45) is 5.92 Å². The SMILES string of the molecule is CC(=O)NC1(CCn2cc(-c3cnc4nc(C(F)(F)F)oc4c3)nc2C(O)C(C)C)CCC1. The van der Waals surface area contributed by atoms with Crippen LogP contribution in [0.1, 0.15) is 64.3 Å². The number of oxazole rings is 1. The molecule has 0 bridgehead atoms. The molecular formula is C22H26F3N5O3. The van der Waals surface area contributed by atoms with Crippen LogP contribution in [-0.4, -0.2) is 36.1 Å². The fraction of sp³-hybridized carbons (Fsp3) is 0.545. The Kier molecular flexibility index (Phi) is 5.94. The van der Waals surface area contributed by atoms with E-state index in [2.05, 4.69) is 20.3 Å².